The van der Waals surface area contributed by atoms with E-state index in [1.165, 1.54) is 0 Å². The molecule has 21 heavy (non-hydrogen) atoms. The lowest BCUT2D eigenvalue weighted by molar-refractivity contribution is 0.0992. The molecule has 0 N–H and O–H groups in total. The first-order valence-corrected chi connectivity index (χ1v) is 8.29. The van der Waals surface area contributed by atoms with Gasteiger partial charge in [0.25, 0.3) is 0 Å². The predicted octanol–water partition coefficient (Wildman–Crippen LogP) is 4.81. The minimum atomic E-state index is -0.433. The minimum absolute atomic E-state index is 0.0111. The number of halogens is 2. The van der Waals surface area contributed by atoms with Gasteiger partial charge in [0.05, 0.1) is 12.2 Å². The molecule has 0 amide bonds. The molecular weight excluding hydrogens is 400 g/mol. The van der Waals surface area contributed by atoms with Gasteiger partial charge in [-0.1, -0.05) is 31.9 Å². The molecule has 4 rings (SSSR count). The smallest absolute Gasteiger partial charge is 0.184 e. The molecule has 2 aliphatic heterocycles. The molecule has 0 saturated carbocycles. The highest BCUT2D eigenvalue weighted by molar-refractivity contribution is 9.10. The molecule has 0 bridgehead atoms. The van der Waals surface area contributed by atoms with Crippen molar-refractivity contribution in [1.82, 2.24) is 0 Å². The molecule has 0 aliphatic carbocycles. The van der Waals surface area contributed by atoms with Crippen molar-refractivity contribution in [3.8, 4) is 17.2 Å². The molecule has 3 nitrogen and oxygen atoms in total. The first kappa shape index (κ1) is 13.3. The van der Waals surface area contributed by atoms with Crippen molar-refractivity contribution >= 4 is 37.6 Å². The van der Waals surface area contributed by atoms with E-state index in [9.17, 15) is 4.79 Å². The van der Waals surface area contributed by atoms with Crippen molar-refractivity contribution in [3.05, 3.63) is 51.5 Å². The molecule has 106 valence electrons. The number of hydrogen-bond donors (Lipinski definition) is 0. The van der Waals surface area contributed by atoms with E-state index in [1.54, 1.807) is 6.07 Å². The standard InChI is InChI=1S/C16H10Br2O3/c17-9-1-2-12-11(6-9)16(19)15(18)10-7-13-8(3-4-20-13)5-14(10)21-12/h1-2,5-7,15H,3-4H2. The van der Waals surface area contributed by atoms with Gasteiger partial charge in [0, 0.05) is 22.0 Å². The predicted molar refractivity (Wildman–Crippen MR) is 85.9 cm³/mol. The van der Waals surface area contributed by atoms with E-state index in [2.05, 4.69) is 31.9 Å². The van der Waals surface area contributed by atoms with Crippen LogP contribution in [0.25, 0.3) is 0 Å². The molecule has 2 heterocycles. The molecular formula is C16H10Br2O3. The van der Waals surface area contributed by atoms with Crippen LogP contribution in [0.1, 0.15) is 26.3 Å². The summed E-state index contributed by atoms with van der Waals surface area (Å²) in [6.07, 6.45) is 0.875. The zero-order valence-corrected chi connectivity index (χ0v) is 14.0. The van der Waals surface area contributed by atoms with Crippen LogP contribution in [0.2, 0.25) is 0 Å². The van der Waals surface area contributed by atoms with Crippen molar-refractivity contribution in [2.45, 2.75) is 11.2 Å². The SMILES string of the molecule is O=C1c2cc(Br)ccc2Oc2cc3c(cc2C1Br)OCC3. The highest BCUT2D eigenvalue weighted by atomic mass is 79.9. The Morgan fingerprint density at radius 2 is 1.95 bits per heavy atom. The molecule has 1 atom stereocenters. The highest BCUT2D eigenvalue weighted by Crippen LogP contribution is 2.45. The molecule has 2 aliphatic rings. The maximum absolute atomic E-state index is 12.7. The van der Waals surface area contributed by atoms with Gasteiger partial charge in [0.2, 0.25) is 0 Å². The number of fused-ring (bicyclic) bond motifs is 3. The fourth-order valence-electron chi connectivity index (χ4n) is 2.68. The van der Waals surface area contributed by atoms with E-state index < -0.39 is 4.83 Å². The first-order valence-electron chi connectivity index (χ1n) is 6.59. The van der Waals surface area contributed by atoms with Gasteiger partial charge >= 0.3 is 0 Å². The van der Waals surface area contributed by atoms with E-state index in [1.807, 2.05) is 24.3 Å². The molecule has 0 spiro atoms. The molecule has 0 saturated heterocycles. The lowest BCUT2D eigenvalue weighted by atomic mass is 10.0. The first-order chi connectivity index (χ1) is 10.1. The summed E-state index contributed by atoms with van der Waals surface area (Å²) in [5.41, 5.74) is 2.51. The summed E-state index contributed by atoms with van der Waals surface area (Å²) in [4.78, 5) is 12.2. The van der Waals surface area contributed by atoms with Crippen LogP contribution in [0.15, 0.2) is 34.8 Å². The van der Waals surface area contributed by atoms with E-state index >= 15 is 0 Å². The van der Waals surface area contributed by atoms with Crippen molar-refractivity contribution in [2.75, 3.05) is 6.61 Å². The van der Waals surface area contributed by atoms with Crippen LogP contribution >= 0.6 is 31.9 Å². The number of benzene rings is 2. The summed E-state index contributed by atoms with van der Waals surface area (Å²) in [5.74, 6) is 2.14. The number of ketones is 1. The van der Waals surface area contributed by atoms with Crippen molar-refractivity contribution in [2.24, 2.45) is 0 Å². The second-order valence-electron chi connectivity index (χ2n) is 5.07. The molecule has 1 unspecified atom stereocenters. The van der Waals surface area contributed by atoms with Gasteiger partial charge in [0.1, 0.15) is 22.1 Å². The average molecular weight is 410 g/mol. The van der Waals surface area contributed by atoms with Crippen LogP contribution in [0, 0.1) is 0 Å². The van der Waals surface area contributed by atoms with Gasteiger partial charge in [-0.2, -0.15) is 0 Å². The second-order valence-corrected chi connectivity index (χ2v) is 6.90. The third-order valence-electron chi connectivity index (χ3n) is 3.75. The Morgan fingerprint density at radius 3 is 2.81 bits per heavy atom. The maximum Gasteiger partial charge on any atom is 0.184 e. The van der Waals surface area contributed by atoms with Crippen LogP contribution in [0.4, 0.5) is 0 Å². The molecule has 0 radical (unpaired) electrons. The number of alkyl halides is 1. The molecule has 5 heteroatoms. The second kappa shape index (κ2) is 4.85. The van der Waals surface area contributed by atoms with Gasteiger partial charge in [-0.25, -0.2) is 0 Å². The summed E-state index contributed by atoms with van der Waals surface area (Å²) in [6.45, 7) is 0.683. The maximum atomic E-state index is 12.7. The summed E-state index contributed by atoms with van der Waals surface area (Å²) in [7, 11) is 0. The molecule has 0 aromatic heterocycles. The largest absolute Gasteiger partial charge is 0.493 e. The quantitative estimate of drug-likeness (QED) is 0.585. The van der Waals surface area contributed by atoms with E-state index in [-0.39, 0.29) is 5.78 Å². The number of rotatable bonds is 0. The Hall–Kier alpha value is -1.33. The molecule has 2 aromatic rings. The van der Waals surface area contributed by atoms with Crippen LogP contribution in [-0.4, -0.2) is 12.4 Å². The zero-order chi connectivity index (χ0) is 14.6. The highest BCUT2D eigenvalue weighted by Gasteiger charge is 2.31. The third kappa shape index (κ3) is 2.10. The lowest BCUT2D eigenvalue weighted by Gasteiger charge is -2.11. The van der Waals surface area contributed by atoms with Crippen LogP contribution in [0.5, 0.6) is 17.2 Å². The van der Waals surface area contributed by atoms with Crippen LogP contribution in [-0.2, 0) is 6.42 Å². The van der Waals surface area contributed by atoms with E-state index in [0.717, 1.165) is 33.5 Å². The number of carbonyl (C=O) groups is 1. The summed E-state index contributed by atoms with van der Waals surface area (Å²) in [6, 6.07) is 9.38. The summed E-state index contributed by atoms with van der Waals surface area (Å²) < 4.78 is 12.4. The van der Waals surface area contributed by atoms with Crippen LogP contribution in [0.3, 0.4) is 0 Å². The zero-order valence-electron chi connectivity index (χ0n) is 10.9. The van der Waals surface area contributed by atoms with Crippen LogP contribution < -0.4 is 9.47 Å². The van der Waals surface area contributed by atoms with Gasteiger partial charge in [-0.3, -0.25) is 4.79 Å². The fourth-order valence-corrected chi connectivity index (χ4v) is 3.65. The normalized spacial score (nSPS) is 19.0. The third-order valence-corrected chi connectivity index (χ3v) is 5.15. The lowest BCUT2D eigenvalue weighted by Crippen LogP contribution is -2.05. The Morgan fingerprint density at radius 1 is 1.10 bits per heavy atom. The van der Waals surface area contributed by atoms with Gasteiger partial charge in [-0.05, 0) is 30.3 Å². The van der Waals surface area contributed by atoms with Gasteiger partial charge in [-0.15, -0.1) is 0 Å². The Bertz CT molecular complexity index is 770. The van der Waals surface area contributed by atoms with Crippen molar-refractivity contribution in [3.63, 3.8) is 0 Å². The Kier molecular flexibility index (Phi) is 3.08. The Balaban J connectivity index is 1.92. The van der Waals surface area contributed by atoms with E-state index in [0.29, 0.717) is 17.9 Å². The number of Topliss-reactive ketones (excluding diaryl/α,β-unsaturated/α-hetero) is 1. The van der Waals surface area contributed by atoms with Gasteiger partial charge < -0.3 is 9.47 Å². The summed E-state index contributed by atoms with van der Waals surface area (Å²) >= 11 is 6.90. The molecule has 0 fully saturated rings. The van der Waals surface area contributed by atoms with Gasteiger partial charge in [0.15, 0.2) is 5.78 Å². The van der Waals surface area contributed by atoms with E-state index in [4.69, 9.17) is 9.47 Å². The van der Waals surface area contributed by atoms with Crippen molar-refractivity contribution < 1.29 is 14.3 Å². The average Bonchev–Trinajstić information content (AvgIpc) is 2.90. The topological polar surface area (TPSA) is 35.5 Å². The minimum Gasteiger partial charge on any atom is -0.493 e. The number of carbonyl (C=O) groups excluding carboxylic acids is 1. The Labute approximate surface area is 138 Å². The number of ether oxygens (including phenoxy) is 2. The van der Waals surface area contributed by atoms with Crippen molar-refractivity contribution in [1.29, 1.82) is 0 Å². The fraction of sp³-hybridized carbons (Fsp3) is 0.188. The number of hydrogen-bond acceptors (Lipinski definition) is 3. The molecule has 2 aromatic carbocycles. The monoisotopic (exact) mass is 408 g/mol. The summed E-state index contributed by atoms with van der Waals surface area (Å²) in [5, 5.41) is 0.